The van der Waals surface area contributed by atoms with Crippen LogP contribution in [0, 0.1) is 5.92 Å². The molecule has 4 rings (SSSR count). The lowest BCUT2D eigenvalue weighted by molar-refractivity contribution is 0.298. The fourth-order valence-corrected chi connectivity index (χ4v) is 3.09. The predicted octanol–water partition coefficient (Wildman–Crippen LogP) is 5.85. The third kappa shape index (κ3) is 5.57. The Morgan fingerprint density at radius 2 is 1.83 bits per heavy atom. The SMILES string of the molecule is O/N=C(\Cc1ccc(Br)cn1)c1ccc(Oc2cccc(OCC3CC3)c2)cc1. The third-order valence-electron chi connectivity index (χ3n) is 4.67. The summed E-state index contributed by atoms with van der Waals surface area (Å²) in [6.07, 6.45) is 4.69. The molecular weight excluding hydrogens is 432 g/mol. The molecule has 0 bridgehead atoms. The predicted molar refractivity (Wildman–Crippen MR) is 115 cm³/mol. The van der Waals surface area contributed by atoms with E-state index < -0.39 is 0 Å². The van der Waals surface area contributed by atoms with Crippen LogP contribution < -0.4 is 9.47 Å². The average Bonchev–Trinajstić information content (AvgIpc) is 3.57. The highest BCUT2D eigenvalue weighted by Gasteiger charge is 2.21. The van der Waals surface area contributed by atoms with Crippen molar-refractivity contribution < 1.29 is 14.7 Å². The molecule has 5 nitrogen and oxygen atoms in total. The van der Waals surface area contributed by atoms with Crippen LogP contribution in [0.4, 0.5) is 0 Å². The fourth-order valence-electron chi connectivity index (χ4n) is 2.86. The van der Waals surface area contributed by atoms with Gasteiger partial charge in [-0.25, -0.2) is 0 Å². The molecule has 1 fully saturated rings. The topological polar surface area (TPSA) is 63.9 Å². The number of pyridine rings is 1. The Bertz CT molecular complexity index is 984. The number of oxime groups is 1. The van der Waals surface area contributed by atoms with E-state index in [1.54, 1.807) is 6.20 Å². The molecule has 1 saturated carbocycles. The molecule has 0 saturated heterocycles. The second-order valence-electron chi connectivity index (χ2n) is 7.05. The van der Waals surface area contributed by atoms with Crippen molar-refractivity contribution in [2.45, 2.75) is 19.3 Å². The lowest BCUT2D eigenvalue weighted by Crippen LogP contribution is -2.06. The van der Waals surface area contributed by atoms with E-state index in [0.717, 1.165) is 33.8 Å². The van der Waals surface area contributed by atoms with Gasteiger partial charge in [-0.3, -0.25) is 4.98 Å². The number of hydrogen-bond acceptors (Lipinski definition) is 5. The van der Waals surface area contributed by atoms with Gasteiger partial charge in [0.2, 0.25) is 0 Å². The highest BCUT2D eigenvalue weighted by molar-refractivity contribution is 9.10. The van der Waals surface area contributed by atoms with Crippen LogP contribution in [-0.2, 0) is 6.42 Å². The van der Waals surface area contributed by atoms with E-state index >= 15 is 0 Å². The molecule has 148 valence electrons. The highest BCUT2D eigenvalue weighted by Crippen LogP contribution is 2.31. The van der Waals surface area contributed by atoms with Crippen molar-refractivity contribution in [1.29, 1.82) is 0 Å². The van der Waals surface area contributed by atoms with Crippen LogP contribution in [0.25, 0.3) is 0 Å². The first-order valence-electron chi connectivity index (χ1n) is 9.52. The van der Waals surface area contributed by atoms with Crippen LogP contribution in [0.3, 0.4) is 0 Å². The van der Waals surface area contributed by atoms with Crippen LogP contribution in [0.5, 0.6) is 17.2 Å². The summed E-state index contributed by atoms with van der Waals surface area (Å²) in [6, 6.07) is 18.9. The van der Waals surface area contributed by atoms with Crippen LogP contribution >= 0.6 is 15.9 Å². The van der Waals surface area contributed by atoms with Gasteiger partial charge in [-0.05, 0) is 88.8 Å². The minimum absolute atomic E-state index is 0.435. The van der Waals surface area contributed by atoms with Crippen molar-refractivity contribution in [2.24, 2.45) is 11.1 Å². The van der Waals surface area contributed by atoms with Gasteiger partial charge in [0.15, 0.2) is 0 Å². The van der Waals surface area contributed by atoms with Crippen molar-refractivity contribution in [1.82, 2.24) is 4.98 Å². The van der Waals surface area contributed by atoms with Gasteiger partial charge in [0, 0.05) is 28.9 Å². The van der Waals surface area contributed by atoms with E-state index in [9.17, 15) is 5.21 Å². The van der Waals surface area contributed by atoms with E-state index in [4.69, 9.17) is 9.47 Å². The number of nitrogens with zero attached hydrogens (tertiary/aromatic N) is 2. The fraction of sp³-hybridized carbons (Fsp3) is 0.217. The molecule has 3 aromatic rings. The summed E-state index contributed by atoms with van der Waals surface area (Å²) in [7, 11) is 0. The number of aromatic nitrogens is 1. The Hall–Kier alpha value is -2.86. The molecule has 2 aromatic carbocycles. The molecule has 0 atom stereocenters. The van der Waals surface area contributed by atoms with Crippen molar-refractivity contribution in [3.05, 3.63) is 82.6 Å². The zero-order chi connectivity index (χ0) is 20.1. The normalized spacial score (nSPS) is 13.9. The van der Waals surface area contributed by atoms with Gasteiger partial charge in [0.25, 0.3) is 0 Å². The summed E-state index contributed by atoms with van der Waals surface area (Å²) in [5.41, 5.74) is 2.18. The Labute approximate surface area is 178 Å². The lowest BCUT2D eigenvalue weighted by Gasteiger charge is -2.10. The summed E-state index contributed by atoms with van der Waals surface area (Å²) in [5.74, 6) is 2.96. The molecule has 0 radical (unpaired) electrons. The van der Waals surface area contributed by atoms with E-state index in [1.807, 2.05) is 60.7 Å². The second-order valence-corrected chi connectivity index (χ2v) is 7.96. The molecule has 29 heavy (non-hydrogen) atoms. The maximum atomic E-state index is 9.43. The summed E-state index contributed by atoms with van der Waals surface area (Å²) in [4.78, 5) is 4.33. The Kier molecular flexibility index (Phi) is 6.10. The minimum Gasteiger partial charge on any atom is -0.493 e. The summed E-state index contributed by atoms with van der Waals surface area (Å²) < 4.78 is 12.7. The lowest BCUT2D eigenvalue weighted by atomic mass is 10.1. The number of hydrogen-bond donors (Lipinski definition) is 1. The van der Waals surface area contributed by atoms with E-state index in [-0.39, 0.29) is 0 Å². The number of rotatable bonds is 8. The first kappa shape index (κ1) is 19.5. The number of benzene rings is 2. The molecule has 1 aliphatic carbocycles. The molecular formula is C23H21BrN2O3. The van der Waals surface area contributed by atoms with Crippen molar-refractivity contribution >= 4 is 21.6 Å². The van der Waals surface area contributed by atoms with Gasteiger partial charge < -0.3 is 14.7 Å². The monoisotopic (exact) mass is 452 g/mol. The van der Waals surface area contributed by atoms with Gasteiger partial charge in [-0.2, -0.15) is 0 Å². The number of halogens is 1. The molecule has 0 unspecified atom stereocenters. The molecule has 0 aliphatic heterocycles. The third-order valence-corrected chi connectivity index (χ3v) is 5.14. The first-order chi connectivity index (χ1) is 14.2. The molecule has 0 spiro atoms. The van der Waals surface area contributed by atoms with Gasteiger partial charge in [-0.1, -0.05) is 11.2 Å². The quantitative estimate of drug-likeness (QED) is 0.264. The van der Waals surface area contributed by atoms with Crippen LogP contribution in [0.1, 0.15) is 24.1 Å². The Morgan fingerprint density at radius 1 is 1.03 bits per heavy atom. The van der Waals surface area contributed by atoms with Crippen LogP contribution in [0.2, 0.25) is 0 Å². The largest absolute Gasteiger partial charge is 0.493 e. The summed E-state index contributed by atoms with van der Waals surface area (Å²) in [5, 5.41) is 12.9. The second kappa shape index (κ2) is 9.09. The van der Waals surface area contributed by atoms with Crippen molar-refractivity contribution in [2.75, 3.05) is 6.61 Å². The average molecular weight is 453 g/mol. The van der Waals surface area contributed by atoms with Crippen LogP contribution in [-0.4, -0.2) is 22.5 Å². The van der Waals surface area contributed by atoms with Crippen LogP contribution in [0.15, 0.2) is 76.5 Å². The smallest absolute Gasteiger partial charge is 0.131 e. The molecule has 1 heterocycles. The van der Waals surface area contributed by atoms with E-state index in [1.165, 1.54) is 12.8 Å². The molecule has 1 N–H and O–H groups in total. The van der Waals surface area contributed by atoms with Gasteiger partial charge >= 0.3 is 0 Å². The minimum atomic E-state index is 0.435. The maximum absolute atomic E-state index is 9.43. The van der Waals surface area contributed by atoms with E-state index in [0.29, 0.717) is 23.8 Å². The van der Waals surface area contributed by atoms with Gasteiger partial charge in [0.1, 0.15) is 17.2 Å². The highest BCUT2D eigenvalue weighted by atomic mass is 79.9. The molecule has 6 heteroatoms. The Balaban J connectivity index is 1.40. The first-order valence-corrected chi connectivity index (χ1v) is 10.3. The molecule has 0 amide bonds. The van der Waals surface area contributed by atoms with Crippen molar-refractivity contribution in [3.63, 3.8) is 0 Å². The summed E-state index contributed by atoms with van der Waals surface area (Å²) in [6.45, 7) is 0.772. The zero-order valence-electron chi connectivity index (χ0n) is 15.8. The maximum Gasteiger partial charge on any atom is 0.131 e. The zero-order valence-corrected chi connectivity index (χ0v) is 17.4. The molecule has 1 aliphatic rings. The van der Waals surface area contributed by atoms with Gasteiger partial charge in [0.05, 0.1) is 12.3 Å². The summed E-state index contributed by atoms with van der Waals surface area (Å²) >= 11 is 3.37. The number of ether oxygens (including phenoxy) is 2. The standard InChI is InChI=1S/C23H21BrN2O3/c24-18-8-9-19(25-14-18)12-23(26-27)17-6-10-20(11-7-17)29-22-3-1-2-21(13-22)28-15-16-4-5-16/h1-3,6-11,13-14,16,27H,4-5,12,15H2/b26-23+. The van der Waals surface area contributed by atoms with Crippen molar-refractivity contribution in [3.8, 4) is 17.2 Å². The Morgan fingerprint density at radius 3 is 2.52 bits per heavy atom. The molecule has 1 aromatic heterocycles. The van der Waals surface area contributed by atoms with E-state index in [2.05, 4.69) is 26.1 Å². The van der Waals surface area contributed by atoms with Gasteiger partial charge in [-0.15, -0.1) is 0 Å².